The van der Waals surface area contributed by atoms with E-state index in [-0.39, 0.29) is 0 Å². The summed E-state index contributed by atoms with van der Waals surface area (Å²) in [6.45, 7) is 2.07. The second-order valence-electron chi connectivity index (χ2n) is 2.98. The molecule has 2 nitrogen and oxygen atoms in total. The molecule has 0 saturated carbocycles. The van der Waals surface area contributed by atoms with Crippen LogP contribution in [0.25, 0.3) is 11.3 Å². The molecule has 0 spiro atoms. The SMILES string of the molecule is Cc1cccc(-c2cccnn2)c1. The van der Waals surface area contributed by atoms with E-state index >= 15 is 0 Å². The van der Waals surface area contributed by atoms with Crippen LogP contribution in [0, 0.1) is 6.92 Å². The second-order valence-corrected chi connectivity index (χ2v) is 2.98. The highest BCUT2D eigenvalue weighted by molar-refractivity contribution is 5.58. The maximum absolute atomic E-state index is 4.04. The van der Waals surface area contributed by atoms with Crippen molar-refractivity contribution >= 4 is 0 Å². The monoisotopic (exact) mass is 170 g/mol. The van der Waals surface area contributed by atoms with E-state index in [1.54, 1.807) is 6.20 Å². The maximum Gasteiger partial charge on any atom is 0.0929 e. The van der Waals surface area contributed by atoms with Gasteiger partial charge in [0.2, 0.25) is 0 Å². The average molecular weight is 170 g/mol. The summed E-state index contributed by atoms with van der Waals surface area (Å²) in [4.78, 5) is 0. The van der Waals surface area contributed by atoms with Crippen LogP contribution in [0.4, 0.5) is 0 Å². The van der Waals surface area contributed by atoms with Gasteiger partial charge in [-0.2, -0.15) is 10.2 Å². The van der Waals surface area contributed by atoms with Crippen LogP contribution in [-0.4, -0.2) is 10.2 Å². The lowest BCUT2D eigenvalue weighted by Gasteiger charge is -1.99. The van der Waals surface area contributed by atoms with E-state index in [4.69, 9.17) is 0 Å². The van der Waals surface area contributed by atoms with Crippen LogP contribution in [0.15, 0.2) is 42.6 Å². The molecule has 1 aromatic carbocycles. The summed E-state index contributed by atoms with van der Waals surface area (Å²) < 4.78 is 0. The largest absolute Gasteiger partial charge is 0.159 e. The summed E-state index contributed by atoms with van der Waals surface area (Å²) in [5.41, 5.74) is 3.28. The fourth-order valence-corrected chi connectivity index (χ4v) is 1.26. The minimum absolute atomic E-state index is 0.922. The lowest BCUT2D eigenvalue weighted by molar-refractivity contribution is 1.04. The Bertz CT molecular complexity index is 396. The molecular formula is C11H10N2. The van der Waals surface area contributed by atoms with Crippen molar-refractivity contribution in [2.24, 2.45) is 0 Å². The molecule has 0 saturated heterocycles. The number of hydrogen-bond donors (Lipinski definition) is 0. The van der Waals surface area contributed by atoms with Gasteiger partial charge in [0.15, 0.2) is 0 Å². The van der Waals surface area contributed by atoms with Crippen molar-refractivity contribution in [1.82, 2.24) is 10.2 Å². The molecule has 0 aliphatic carbocycles. The van der Waals surface area contributed by atoms with Gasteiger partial charge in [-0.1, -0.05) is 23.8 Å². The van der Waals surface area contributed by atoms with Crippen molar-refractivity contribution in [2.75, 3.05) is 0 Å². The molecule has 1 aromatic heterocycles. The van der Waals surface area contributed by atoms with Gasteiger partial charge in [0, 0.05) is 11.8 Å². The molecule has 0 aliphatic heterocycles. The van der Waals surface area contributed by atoms with Gasteiger partial charge in [-0.25, -0.2) is 0 Å². The van der Waals surface area contributed by atoms with Crippen molar-refractivity contribution in [1.29, 1.82) is 0 Å². The molecule has 0 bridgehead atoms. The van der Waals surface area contributed by atoms with Crippen molar-refractivity contribution in [3.05, 3.63) is 48.2 Å². The van der Waals surface area contributed by atoms with Crippen molar-refractivity contribution in [3.8, 4) is 11.3 Å². The molecule has 0 fully saturated rings. The topological polar surface area (TPSA) is 25.8 Å². The van der Waals surface area contributed by atoms with E-state index in [1.807, 2.05) is 24.3 Å². The van der Waals surface area contributed by atoms with Gasteiger partial charge in [-0.3, -0.25) is 0 Å². The first kappa shape index (κ1) is 7.92. The molecule has 1 heterocycles. The Morgan fingerprint density at radius 1 is 1.08 bits per heavy atom. The Balaban J connectivity index is 2.48. The summed E-state index contributed by atoms with van der Waals surface area (Å²) in [6.07, 6.45) is 1.68. The van der Waals surface area contributed by atoms with E-state index in [9.17, 15) is 0 Å². The third kappa shape index (κ3) is 1.72. The van der Waals surface area contributed by atoms with E-state index in [2.05, 4.69) is 29.3 Å². The maximum atomic E-state index is 4.04. The summed E-state index contributed by atoms with van der Waals surface area (Å²) >= 11 is 0. The number of nitrogens with zero attached hydrogens (tertiary/aromatic N) is 2. The normalized spacial score (nSPS) is 9.92. The smallest absolute Gasteiger partial charge is 0.0929 e. The molecule has 2 aromatic rings. The predicted octanol–water partition coefficient (Wildman–Crippen LogP) is 2.45. The van der Waals surface area contributed by atoms with Gasteiger partial charge in [0.05, 0.1) is 5.69 Å². The minimum Gasteiger partial charge on any atom is -0.159 e. The van der Waals surface area contributed by atoms with Gasteiger partial charge in [-0.15, -0.1) is 0 Å². The van der Waals surface area contributed by atoms with E-state index in [0.717, 1.165) is 11.3 Å². The lowest BCUT2D eigenvalue weighted by Crippen LogP contribution is -1.85. The molecule has 2 heteroatoms. The van der Waals surface area contributed by atoms with Crippen LogP contribution in [0.3, 0.4) is 0 Å². The highest BCUT2D eigenvalue weighted by Gasteiger charge is 1.97. The summed E-state index contributed by atoms with van der Waals surface area (Å²) in [5, 5.41) is 7.88. The lowest BCUT2D eigenvalue weighted by atomic mass is 10.1. The third-order valence-electron chi connectivity index (χ3n) is 1.89. The number of benzene rings is 1. The molecule has 0 atom stereocenters. The van der Waals surface area contributed by atoms with Crippen LogP contribution < -0.4 is 0 Å². The summed E-state index contributed by atoms with van der Waals surface area (Å²) in [6, 6.07) is 12.1. The molecule has 0 N–H and O–H groups in total. The molecule has 0 unspecified atom stereocenters. The van der Waals surface area contributed by atoms with Crippen LogP contribution >= 0.6 is 0 Å². The minimum atomic E-state index is 0.922. The van der Waals surface area contributed by atoms with Gasteiger partial charge in [-0.05, 0) is 25.1 Å². The second kappa shape index (κ2) is 3.35. The van der Waals surface area contributed by atoms with Crippen LogP contribution in [0.2, 0.25) is 0 Å². The van der Waals surface area contributed by atoms with Crippen molar-refractivity contribution in [3.63, 3.8) is 0 Å². The summed E-state index contributed by atoms with van der Waals surface area (Å²) in [7, 11) is 0. The first-order valence-electron chi connectivity index (χ1n) is 4.21. The molecule has 0 amide bonds. The number of aromatic nitrogens is 2. The third-order valence-corrected chi connectivity index (χ3v) is 1.89. The molecule has 13 heavy (non-hydrogen) atoms. The van der Waals surface area contributed by atoms with Crippen LogP contribution in [0.1, 0.15) is 5.56 Å². The van der Waals surface area contributed by atoms with Gasteiger partial charge >= 0.3 is 0 Å². The Morgan fingerprint density at radius 2 is 2.00 bits per heavy atom. The van der Waals surface area contributed by atoms with Crippen LogP contribution in [0.5, 0.6) is 0 Å². The molecular weight excluding hydrogens is 160 g/mol. The van der Waals surface area contributed by atoms with E-state index < -0.39 is 0 Å². The molecule has 2 rings (SSSR count). The Hall–Kier alpha value is -1.70. The molecule has 64 valence electrons. The van der Waals surface area contributed by atoms with Crippen LogP contribution in [-0.2, 0) is 0 Å². The van der Waals surface area contributed by atoms with Gasteiger partial charge in [0.1, 0.15) is 0 Å². The molecule has 0 radical (unpaired) electrons. The van der Waals surface area contributed by atoms with E-state index in [0.29, 0.717) is 0 Å². The zero-order chi connectivity index (χ0) is 9.10. The predicted molar refractivity (Wildman–Crippen MR) is 52.2 cm³/mol. The molecule has 0 aliphatic rings. The standard InChI is InChI=1S/C11H10N2/c1-9-4-2-5-10(8-9)11-6-3-7-12-13-11/h2-8H,1H3. The van der Waals surface area contributed by atoms with Gasteiger partial charge < -0.3 is 0 Å². The average Bonchev–Trinajstić information content (AvgIpc) is 2.19. The highest BCUT2D eigenvalue weighted by Crippen LogP contribution is 2.16. The number of hydrogen-bond acceptors (Lipinski definition) is 2. The van der Waals surface area contributed by atoms with Crippen molar-refractivity contribution in [2.45, 2.75) is 6.92 Å². The van der Waals surface area contributed by atoms with Crippen molar-refractivity contribution < 1.29 is 0 Å². The van der Waals surface area contributed by atoms with Gasteiger partial charge in [0.25, 0.3) is 0 Å². The first-order valence-corrected chi connectivity index (χ1v) is 4.21. The quantitative estimate of drug-likeness (QED) is 0.657. The summed E-state index contributed by atoms with van der Waals surface area (Å²) in [5.74, 6) is 0. The Kier molecular flexibility index (Phi) is 2.04. The first-order chi connectivity index (χ1) is 6.36. The Labute approximate surface area is 77.3 Å². The van der Waals surface area contributed by atoms with E-state index in [1.165, 1.54) is 5.56 Å². The zero-order valence-electron chi connectivity index (χ0n) is 7.44. The number of aryl methyl sites for hydroxylation is 1. The fourth-order valence-electron chi connectivity index (χ4n) is 1.26. The zero-order valence-corrected chi connectivity index (χ0v) is 7.44. The number of rotatable bonds is 1. The highest BCUT2D eigenvalue weighted by atomic mass is 15.1. The Morgan fingerprint density at radius 3 is 2.69 bits per heavy atom. The fraction of sp³-hybridized carbons (Fsp3) is 0.0909.